The Morgan fingerprint density at radius 1 is 1.39 bits per heavy atom. The number of hydrogen-bond donors (Lipinski definition) is 2. The number of alkyl halides is 1. The van der Waals surface area contributed by atoms with Crippen LogP contribution < -0.4 is 5.32 Å². The summed E-state index contributed by atoms with van der Waals surface area (Å²) in [7, 11) is 0. The van der Waals surface area contributed by atoms with Crippen LogP contribution in [0.4, 0.5) is 14.5 Å². The number of halogens is 2. The Labute approximate surface area is 105 Å². The molecule has 2 N–H and O–H groups in total. The number of benzene rings is 1. The smallest absolute Gasteiger partial charge is 0.337 e. The molecule has 100 valence electrons. The summed E-state index contributed by atoms with van der Waals surface area (Å²) in [5.74, 6) is -1.66. The number of rotatable bonds is 4. The molecular weight excluding hydrogens is 240 g/mol. The Balaban J connectivity index is 3.45. The lowest BCUT2D eigenvalue weighted by molar-refractivity contribution is 0.0697. The zero-order valence-corrected chi connectivity index (χ0v) is 10.7. The summed E-state index contributed by atoms with van der Waals surface area (Å²) in [6.45, 7) is 4.62. The highest BCUT2D eigenvalue weighted by Gasteiger charge is 2.26. The molecule has 1 aromatic carbocycles. The quantitative estimate of drug-likeness (QED) is 0.870. The fourth-order valence-electron chi connectivity index (χ4n) is 1.84. The standard InChI is InChI=1S/C13H17F2NO2/c1-13(2,3)10-9(15)5-4-8(12(17)18)11(10)16-7-6-14/h4-5,16H,6-7H2,1-3H3,(H,17,18). The minimum atomic E-state index is -1.16. The number of carbonyl (C=O) groups is 1. The molecule has 0 saturated carbocycles. The zero-order valence-electron chi connectivity index (χ0n) is 10.7. The first kappa shape index (κ1) is 14.4. The molecule has 5 heteroatoms. The van der Waals surface area contributed by atoms with Crippen molar-refractivity contribution in [3.8, 4) is 0 Å². The Bertz CT molecular complexity index is 453. The predicted molar refractivity (Wildman–Crippen MR) is 66.5 cm³/mol. The van der Waals surface area contributed by atoms with Gasteiger partial charge >= 0.3 is 5.97 Å². The third-order valence-corrected chi connectivity index (χ3v) is 2.53. The average Bonchev–Trinajstić information content (AvgIpc) is 2.23. The van der Waals surface area contributed by atoms with E-state index in [1.54, 1.807) is 20.8 Å². The van der Waals surface area contributed by atoms with Gasteiger partial charge in [-0.2, -0.15) is 0 Å². The minimum Gasteiger partial charge on any atom is -0.478 e. The predicted octanol–water partition coefficient (Wildman–Crippen LogP) is 3.20. The topological polar surface area (TPSA) is 49.3 Å². The highest BCUT2D eigenvalue weighted by molar-refractivity contribution is 5.95. The maximum atomic E-state index is 13.9. The van der Waals surface area contributed by atoms with Crippen LogP contribution in [0.25, 0.3) is 0 Å². The van der Waals surface area contributed by atoms with Crippen molar-refractivity contribution in [3.05, 3.63) is 29.1 Å². The second-order valence-electron chi connectivity index (χ2n) is 5.02. The summed E-state index contributed by atoms with van der Waals surface area (Å²) in [6.07, 6.45) is 0. The highest BCUT2D eigenvalue weighted by Crippen LogP contribution is 2.34. The number of anilines is 1. The van der Waals surface area contributed by atoms with Crippen molar-refractivity contribution in [2.75, 3.05) is 18.5 Å². The van der Waals surface area contributed by atoms with Crippen LogP contribution in [-0.2, 0) is 5.41 Å². The van der Waals surface area contributed by atoms with E-state index >= 15 is 0 Å². The van der Waals surface area contributed by atoms with E-state index in [1.807, 2.05) is 0 Å². The van der Waals surface area contributed by atoms with Crippen LogP contribution in [-0.4, -0.2) is 24.3 Å². The first-order valence-electron chi connectivity index (χ1n) is 5.65. The number of carboxylic acid groups (broad SMARTS) is 1. The lowest BCUT2D eigenvalue weighted by Crippen LogP contribution is -2.20. The minimum absolute atomic E-state index is 0.0465. The Kier molecular flexibility index (Phi) is 4.27. The fourth-order valence-corrected chi connectivity index (χ4v) is 1.84. The van der Waals surface area contributed by atoms with Gasteiger partial charge in [0.25, 0.3) is 0 Å². The van der Waals surface area contributed by atoms with Crippen LogP contribution in [0.15, 0.2) is 12.1 Å². The van der Waals surface area contributed by atoms with Crippen LogP contribution in [0.1, 0.15) is 36.7 Å². The van der Waals surface area contributed by atoms with Crippen molar-refractivity contribution in [2.45, 2.75) is 26.2 Å². The maximum Gasteiger partial charge on any atom is 0.337 e. The molecule has 0 unspecified atom stereocenters. The normalized spacial score (nSPS) is 11.4. The summed E-state index contributed by atoms with van der Waals surface area (Å²) in [4.78, 5) is 11.1. The van der Waals surface area contributed by atoms with E-state index in [-0.39, 0.29) is 23.4 Å². The first-order chi connectivity index (χ1) is 8.29. The number of carboxylic acids is 1. The van der Waals surface area contributed by atoms with Gasteiger partial charge in [-0.1, -0.05) is 20.8 Å². The lowest BCUT2D eigenvalue weighted by Gasteiger charge is -2.25. The second kappa shape index (κ2) is 5.33. The van der Waals surface area contributed by atoms with Gasteiger partial charge in [-0.3, -0.25) is 0 Å². The molecule has 0 radical (unpaired) electrons. The van der Waals surface area contributed by atoms with Gasteiger partial charge in [0.2, 0.25) is 0 Å². The molecule has 0 atom stereocenters. The molecule has 0 saturated heterocycles. The molecule has 0 aliphatic carbocycles. The second-order valence-corrected chi connectivity index (χ2v) is 5.02. The molecule has 0 fully saturated rings. The van der Waals surface area contributed by atoms with Crippen molar-refractivity contribution in [3.63, 3.8) is 0 Å². The molecule has 18 heavy (non-hydrogen) atoms. The van der Waals surface area contributed by atoms with Crippen LogP contribution in [0.2, 0.25) is 0 Å². The zero-order chi connectivity index (χ0) is 13.9. The molecule has 0 spiro atoms. The van der Waals surface area contributed by atoms with Crippen LogP contribution >= 0.6 is 0 Å². The number of hydrogen-bond acceptors (Lipinski definition) is 2. The van der Waals surface area contributed by atoms with Crippen LogP contribution in [0.5, 0.6) is 0 Å². The first-order valence-corrected chi connectivity index (χ1v) is 5.65. The van der Waals surface area contributed by atoms with E-state index in [0.29, 0.717) is 0 Å². The lowest BCUT2D eigenvalue weighted by atomic mass is 9.84. The largest absolute Gasteiger partial charge is 0.478 e. The van der Waals surface area contributed by atoms with Crippen LogP contribution in [0, 0.1) is 5.82 Å². The molecule has 0 aliphatic rings. The van der Waals surface area contributed by atoms with Crippen molar-refractivity contribution >= 4 is 11.7 Å². The summed E-state index contributed by atoms with van der Waals surface area (Å²) >= 11 is 0. The number of aromatic carboxylic acids is 1. The van der Waals surface area contributed by atoms with Gasteiger partial charge in [-0.15, -0.1) is 0 Å². The van der Waals surface area contributed by atoms with Gasteiger partial charge in [0.05, 0.1) is 11.3 Å². The van der Waals surface area contributed by atoms with Gasteiger partial charge in [0.15, 0.2) is 0 Å². The molecule has 0 heterocycles. The third-order valence-electron chi connectivity index (χ3n) is 2.53. The van der Waals surface area contributed by atoms with Gasteiger partial charge in [-0.05, 0) is 17.5 Å². The van der Waals surface area contributed by atoms with Crippen molar-refractivity contribution in [1.29, 1.82) is 0 Å². The Morgan fingerprint density at radius 2 is 2.00 bits per heavy atom. The maximum absolute atomic E-state index is 13.9. The monoisotopic (exact) mass is 257 g/mol. The summed E-state index contributed by atoms with van der Waals surface area (Å²) < 4.78 is 26.1. The molecule has 0 amide bonds. The molecule has 0 aliphatic heterocycles. The van der Waals surface area contributed by atoms with E-state index in [9.17, 15) is 13.6 Å². The third kappa shape index (κ3) is 2.97. The summed E-state index contributed by atoms with van der Waals surface area (Å²) in [6, 6.07) is 2.32. The molecule has 0 bridgehead atoms. The number of nitrogens with one attached hydrogen (secondary N) is 1. The fraction of sp³-hybridized carbons (Fsp3) is 0.462. The van der Waals surface area contributed by atoms with E-state index in [0.717, 1.165) is 6.07 Å². The molecular formula is C13H17F2NO2. The SMILES string of the molecule is CC(C)(C)c1c(F)ccc(C(=O)O)c1NCCF. The highest BCUT2D eigenvalue weighted by atomic mass is 19.1. The summed E-state index contributed by atoms with van der Waals surface area (Å²) in [5.41, 5.74) is -0.202. The van der Waals surface area contributed by atoms with Gasteiger partial charge in [-0.25, -0.2) is 13.6 Å². The van der Waals surface area contributed by atoms with Gasteiger partial charge < -0.3 is 10.4 Å². The van der Waals surface area contributed by atoms with Gasteiger partial charge in [0, 0.05) is 12.1 Å². The molecule has 1 rings (SSSR count). The van der Waals surface area contributed by atoms with E-state index in [4.69, 9.17) is 5.11 Å². The van der Waals surface area contributed by atoms with E-state index < -0.39 is 23.9 Å². The summed E-state index contributed by atoms with van der Waals surface area (Å²) in [5, 5.41) is 11.8. The molecule has 0 aromatic heterocycles. The van der Waals surface area contributed by atoms with E-state index in [2.05, 4.69) is 5.32 Å². The Hall–Kier alpha value is -1.65. The van der Waals surface area contributed by atoms with Crippen molar-refractivity contribution in [1.82, 2.24) is 0 Å². The van der Waals surface area contributed by atoms with E-state index in [1.165, 1.54) is 6.07 Å². The van der Waals surface area contributed by atoms with Crippen molar-refractivity contribution < 1.29 is 18.7 Å². The molecule has 3 nitrogen and oxygen atoms in total. The average molecular weight is 257 g/mol. The van der Waals surface area contributed by atoms with Gasteiger partial charge in [0.1, 0.15) is 12.5 Å². The molecule has 1 aromatic rings. The van der Waals surface area contributed by atoms with Crippen LogP contribution in [0.3, 0.4) is 0 Å². The Morgan fingerprint density at radius 3 is 2.44 bits per heavy atom. The van der Waals surface area contributed by atoms with Crippen molar-refractivity contribution in [2.24, 2.45) is 0 Å².